The molecule has 0 saturated carbocycles. The van der Waals surface area contributed by atoms with Crippen LogP contribution in [0.5, 0.6) is 0 Å². The van der Waals surface area contributed by atoms with Gasteiger partial charge in [0.1, 0.15) is 22.3 Å². The van der Waals surface area contributed by atoms with E-state index in [-0.39, 0.29) is 0 Å². The van der Waals surface area contributed by atoms with Crippen molar-refractivity contribution in [3.63, 3.8) is 0 Å². The molecule has 10 aromatic carbocycles. The average molecular weight is 792 g/mol. The lowest BCUT2D eigenvalue weighted by molar-refractivity contribution is 0.668. The molecule has 3 heterocycles. The van der Waals surface area contributed by atoms with E-state index in [1.165, 1.54) is 32.3 Å². The Morgan fingerprint density at radius 2 is 0.661 bits per heavy atom. The van der Waals surface area contributed by atoms with Crippen LogP contribution in [-0.2, 0) is 0 Å². The molecule has 62 heavy (non-hydrogen) atoms. The molecule has 0 radical (unpaired) electrons. The van der Waals surface area contributed by atoms with Gasteiger partial charge in [-0.2, -0.15) is 0 Å². The molecule has 0 aliphatic heterocycles. The number of rotatable bonds is 5. The molecule has 0 fully saturated rings. The quantitative estimate of drug-likeness (QED) is 0.162. The number of hydrogen-bond donors (Lipinski definition) is 0. The van der Waals surface area contributed by atoms with Crippen molar-refractivity contribution in [3.8, 4) is 56.4 Å². The van der Waals surface area contributed by atoms with Crippen molar-refractivity contribution in [1.82, 2.24) is 15.0 Å². The summed E-state index contributed by atoms with van der Waals surface area (Å²) in [5, 5.41) is 11.7. The lowest BCUT2D eigenvalue weighted by Crippen LogP contribution is -2.00. The third kappa shape index (κ3) is 5.38. The fourth-order valence-electron chi connectivity index (χ4n) is 9.44. The van der Waals surface area contributed by atoms with Crippen LogP contribution >= 0.6 is 0 Å². The van der Waals surface area contributed by atoms with Gasteiger partial charge in [-0.05, 0) is 97.0 Å². The van der Waals surface area contributed by atoms with Crippen molar-refractivity contribution in [2.24, 2.45) is 0 Å². The summed E-state index contributed by atoms with van der Waals surface area (Å²) in [7, 11) is 0. The maximum absolute atomic E-state index is 6.55. The first-order chi connectivity index (χ1) is 30.7. The van der Waals surface area contributed by atoms with E-state index in [0.29, 0.717) is 17.5 Å². The molecule has 0 aliphatic rings. The minimum atomic E-state index is 0.588. The second-order valence-electron chi connectivity index (χ2n) is 15.9. The highest BCUT2D eigenvalue weighted by Gasteiger charge is 2.20. The highest BCUT2D eigenvalue weighted by molar-refractivity contribution is 6.26. The van der Waals surface area contributed by atoms with Crippen LogP contribution in [0.4, 0.5) is 0 Å². The van der Waals surface area contributed by atoms with Gasteiger partial charge in [-0.1, -0.05) is 158 Å². The molecule has 13 aromatic rings. The smallest absolute Gasteiger partial charge is 0.164 e. The van der Waals surface area contributed by atoms with Crippen LogP contribution in [0.2, 0.25) is 0 Å². The molecule has 0 atom stereocenters. The molecular formula is C57H33N3O2. The van der Waals surface area contributed by atoms with Gasteiger partial charge in [0.2, 0.25) is 0 Å². The topological polar surface area (TPSA) is 65.0 Å². The van der Waals surface area contributed by atoms with Gasteiger partial charge in [-0.3, -0.25) is 0 Å². The van der Waals surface area contributed by atoms with Gasteiger partial charge in [0, 0.05) is 38.2 Å². The minimum Gasteiger partial charge on any atom is -0.456 e. The van der Waals surface area contributed by atoms with Crippen molar-refractivity contribution >= 4 is 76.2 Å². The molecule has 13 rings (SSSR count). The van der Waals surface area contributed by atoms with Crippen LogP contribution < -0.4 is 0 Å². The average Bonchev–Trinajstić information content (AvgIpc) is 3.92. The monoisotopic (exact) mass is 791 g/mol. The van der Waals surface area contributed by atoms with E-state index in [0.717, 1.165) is 82.8 Å². The second-order valence-corrected chi connectivity index (χ2v) is 15.9. The molecule has 0 N–H and O–H groups in total. The van der Waals surface area contributed by atoms with E-state index in [1.807, 2.05) is 72.8 Å². The zero-order valence-corrected chi connectivity index (χ0v) is 33.2. The Labute approximate surface area is 355 Å². The van der Waals surface area contributed by atoms with E-state index >= 15 is 0 Å². The van der Waals surface area contributed by atoms with Gasteiger partial charge in [0.15, 0.2) is 17.5 Å². The summed E-state index contributed by atoms with van der Waals surface area (Å²) in [4.78, 5) is 15.1. The van der Waals surface area contributed by atoms with E-state index in [2.05, 4.69) is 127 Å². The summed E-state index contributed by atoms with van der Waals surface area (Å²) in [5.74, 6) is 1.82. The predicted molar refractivity (Wildman–Crippen MR) is 254 cm³/mol. The van der Waals surface area contributed by atoms with E-state index in [1.54, 1.807) is 0 Å². The summed E-state index contributed by atoms with van der Waals surface area (Å²) >= 11 is 0. The van der Waals surface area contributed by atoms with E-state index in [9.17, 15) is 0 Å². The molecule has 5 nitrogen and oxygen atoms in total. The number of benzene rings is 10. The Kier molecular flexibility index (Phi) is 7.54. The van der Waals surface area contributed by atoms with Gasteiger partial charge >= 0.3 is 0 Å². The normalized spacial score (nSPS) is 11.9. The number of hydrogen-bond acceptors (Lipinski definition) is 5. The van der Waals surface area contributed by atoms with Gasteiger partial charge in [0.05, 0.1) is 0 Å². The van der Waals surface area contributed by atoms with Crippen molar-refractivity contribution < 1.29 is 8.83 Å². The second kappa shape index (κ2) is 13.6. The standard InChI is InChI=1S/C57H33N3O2/c1-3-13-34(14-4-1)55-58-56(35-15-5-2-6-16-35)60-57(59-55)45-22-12-24-52-54(45)48-32-37(27-30-50(48)62-52)36-26-29-49-47(31-36)53-39(21-11-23-51(53)61-49)38-25-28-44-42-19-8-7-17-40(42)41-18-9-10-20-43(41)46(44)33-38/h1-33H. The molecule has 0 amide bonds. The summed E-state index contributed by atoms with van der Waals surface area (Å²) in [5.41, 5.74) is 10.5. The zero-order chi connectivity index (χ0) is 40.7. The van der Waals surface area contributed by atoms with Crippen LogP contribution in [0.3, 0.4) is 0 Å². The Morgan fingerprint density at radius 3 is 1.21 bits per heavy atom. The largest absolute Gasteiger partial charge is 0.456 e. The number of furan rings is 2. The molecule has 288 valence electrons. The minimum absolute atomic E-state index is 0.588. The van der Waals surface area contributed by atoms with Crippen molar-refractivity contribution in [3.05, 3.63) is 200 Å². The van der Waals surface area contributed by atoms with Crippen molar-refractivity contribution in [1.29, 1.82) is 0 Å². The third-order valence-electron chi connectivity index (χ3n) is 12.3. The first-order valence-corrected chi connectivity index (χ1v) is 20.8. The van der Waals surface area contributed by atoms with Gasteiger partial charge < -0.3 is 8.83 Å². The lowest BCUT2D eigenvalue weighted by Gasteiger charge is -2.12. The van der Waals surface area contributed by atoms with Gasteiger partial charge in [-0.25, -0.2) is 15.0 Å². The molecule has 0 aliphatic carbocycles. The Hall–Kier alpha value is -8.41. The number of aromatic nitrogens is 3. The van der Waals surface area contributed by atoms with Crippen LogP contribution in [0.1, 0.15) is 0 Å². The SMILES string of the molecule is c1ccc(-c2nc(-c3ccccc3)nc(-c3cccc4oc5ccc(-c6ccc7oc8cccc(-c9ccc%10c%11ccccc%11c%11ccccc%11c%10c9)c8c7c6)cc5c34)n2)cc1. The summed E-state index contributed by atoms with van der Waals surface area (Å²) in [6.07, 6.45) is 0. The fraction of sp³-hybridized carbons (Fsp3) is 0. The Balaban J connectivity index is 0.972. The molecule has 5 heteroatoms. The summed E-state index contributed by atoms with van der Waals surface area (Å²) in [6, 6.07) is 69.9. The first-order valence-electron chi connectivity index (χ1n) is 20.8. The number of nitrogens with zero attached hydrogens (tertiary/aromatic N) is 3. The maximum atomic E-state index is 6.55. The molecule has 0 spiro atoms. The molecule has 0 unspecified atom stereocenters. The fourth-order valence-corrected chi connectivity index (χ4v) is 9.44. The highest BCUT2D eigenvalue weighted by Crippen LogP contribution is 2.43. The van der Waals surface area contributed by atoms with E-state index in [4.69, 9.17) is 23.8 Å². The highest BCUT2D eigenvalue weighted by atomic mass is 16.3. The van der Waals surface area contributed by atoms with Crippen LogP contribution in [0.25, 0.3) is 133 Å². The summed E-state index contributed by atoms with van der Waals surface area (Å²) < 4.78 is 13.1. The van der Waals surface area contributed by atoms with E-state index < -0.39 is 0 Å². The van der Waals surface area contributed by atoms with Crippen LogP contribution in [0, 0.1) is 0 Å². The van der Waals surface area contributed by atoms with Crippen LogP contribution in [0.15, 0.2) is 209 Å². The zero-order valence-electron chi connectivity index (χ0n) is 33.2. The Bertz CT molecular complexity index is 3830. The summed E-state index contributed by atoms with van der Waals surface area (Å²) in [6.45, 7) is 0. The molecule has 3 aromatic heterocycles. The van der Waals surface area contributed by atoms with Gasteiger partial charge in [-0.15, -0.1) is 0 Å². The third-order valence-corrected chi connectivity index (χ3v) is 12.3. The molecule has 0 saturated heterocycles. The Morgan fingerprint density at radius 1 is 0.242 bits per heavy atom. The predicted octanol–water partition coefficient (Wildman–Crippen LogP) is 15.5. The van der Waals surface area contributed by atoms with Crippen molar-refractivity contribution in [2.75, 3.05) is 0 Å². The molecular weight excluding hydrogens is 759 g/mol. The van der Waals surface area contributed by atoms with Crippen molar-refractivity contribution in [2.45, 2.75) is 0 Å². The lowest BCUT2D eigenvalue weighted by atomic mass is 9.91. The van der Waals surface area contributed by atoms with Gasteiger partial charge in [0.25, 0.3) is 0 Å². The van der Waals surface area contributed by atoms with Crippen LogP contribution in [-0.4, -0.2) is 15.0 Å². The first kappa shape index (κ1) is 34.5. The molecule has 0 bridgehead atoms. The maximum Gasteiger partial charge on any atom is 0.164 e. The number of fused-ring (bicyclic) bond motifs is 12.